The van der Waals surface area contributed by atoms with E-state index >= 15 is 0 Å². The van der Waals surface area contributed by atoms with Crippen molar-refractivity contribution >= 4 is 9.84 Å². The van der Waals surface area contributed by atoms with Crippen molar-refractivity contribution in [2.75, 3.05) is 12.9 Å². The van der Waals surface area contributed by atoms with Crippen LogP contribution in [-0.4, -0.2) is 37.5 Å². The SMILES string of the molecule is CN1CS(=O)(=O)C2C3CCCCC3CCCC21. The highest BCUT2D eigenvalue weighted by molar-refractivity contribution is 7.92. The number of fused-ring (bicyclic) bond motifs is 3. The van der Waals surface area contributed by atoms with E-state index in [2.05, 4.69) is 4.90 Å². The standard InChI is InChI=1S/C13H23NO2S/c1-14-9-17(15,16)13-11-7-3-2-5-10(11)6-4-8-12(13)14/h10-13H,2-9H2,1H3. The predicted molar refractivity (Wildman–Crippen MR) is 68.4 cm³/mol. The summed E-state index contributed by atoms with van der Waals surface area (Å²) in [7, 11) is -0.873. The average Bonchev–Trinajstić information content (AvgIpc) is 2.46. The van der Waals surface area contributed by atoms with E-state index in [0.717, 1.165) is 12.8 Å². The molecule has 17 heavy (non-hydrogen) atoms. The molecule has 4 atom stereocenters. The molecule has 1 aliphatic heterocycles. The Bertz CT molecular complexity index is 392. The molecule has 0 radical (unpaired) electrons. The van der Waals surface area contributed by atoms with Crippen LogP contribution in [0, 0.1) is 11.8 Å². The maximum atomic E-state index is 12.4. The molecule has 0 aromatic rings. The van der Waals surface area contributed by atoms with Gasteiger partial charge in [-0.1, -0.05) is 32.1 Å². The maximum absolute atomic E-state index is 12.4. The van der Waals surface area contributed by atoms with Crippen LogP contribution >= 0.6 is 0 Å². The van der Waals surface area contributed by atoms with Gasteiger partial charge in [0.15, 0.2) is 9.84 Å². The second-order valence-electron chi connectivity index (χ2n) is 6.22. The van der Waals surface area contributed by atoms with Crippen molar-refractivity contribution in [3.8, 4) is 0 Å². The van der Waals surface area contributed by atoms with Crippen LogP contribution in [-0.2, 0) is 9.84 Å². The summed E-state index contributed by atoms with van der Waals surface area (Å²) < 4.78 is 24.7. The Kier molecular flexibility index (Phi) is 2.98. The molecular formula is C13H23NO2S. The second-order valence-corrected chi connectivity index (χ2v) is 8.35. The summed E-state index contributed by atoms with van der Waals surface area (Å²) in [6.07, 6.45) is 8.56. The van der Waals surface area contributed by atoms with E-state index in [9.17, 15) is 8.42 Å². The lowest BCUT2D eigenvalue weighted by Crippen LogP contribution is -2.40. The summed E-state index contributed by atoms with van der Waals surface area (Å²) in [5.41, 5.74) is 0. The van der Waals surface area contributed by atoms with E-state index in [1.54, 1.807) is 0 Å². The zero-order chi connectivity index (χ0) is 12.0. The van der Waals surface area contributed by atoms with Crippen molar-refractivity contribution in [3.63, 3.8) is 0 Å². The Morgan fingerprint density at radius 1 is 1.00 bits per heavy atom. The van der Waals surface area contributed by atoms with Crippen molar-refractivity contribution in [1.29, 1.82) is 0 Å². The molecule has 1 heterocycles. The van der Waals surface area contributed by atoms with Crippen LogP contribution in [0.2, 0.25) is 0 Å². The van der Waals surface area contributed by atoms with Crippen LogP contribution in [0.4, 0.5) is 0 Å². The highest BCUT2D eigenvalue weighted by Crippen LogP contribution is 2.45. The molecule has 98 valence electrons. The summed E-state index contributed by atoms with van der Waals surface area (Å²) in [6.45, 7) is 0. The number of hydrogen-bond donors (Lipinski definition) is 0. The molecule has 3 aliphatic rings. The van der Waals surface area contributed by atoms with Crippen LogP contribution in [0.3, 0.4) is 0 Å². The van der Waals surface area contributed by atoms with Crippen molar-refractivity contribution in [3.05, 3.63) is 0 Å². The van der Waals surface area contributed by atoms with Gasteiger partial charge in [0, 0.05) is 6.04 Å². The molecular weight excluding hydrogens is 234 g/mol. The van der Waals surface area contributed by atoms with Gasteiger partial charge in [-0.3, -0.25) is 4.90 Å². The fourth-order valence-corrected chi connectivity index (χ4v) is 7.15. The van der Waals surface area contributed by atoms with Gasteiger partial charge < -0.3 is 0 Å². The minimum absolute atomic E-state index is 0.0414. The third-order valence-electron chi connectivity index (χ3n) is 5.21. The fourth-order valence-electron chi connectivity index (χ4n) is 4.51. The summed E-state index contributed by atoms with van der Waals surface area (Å²) in [6, 6.07) is 0.313. The van der Waals surface area contributed by atoms with Crippen molar-refractivity contribution in [2.45, 2.75) is 56.2 Å². The highest BCUT2D eigenvalue weighted by atomic mass is 32.2. The molecule has 1 saturated heterocycles. The van der Waals surface area contributed by atoms with E-state index in [1.807, 2.05) is 7.05 Å². The average molecular weight is 257 g/mol. The quantitative estimate of drug-likeness (QED) is 0.666. The van der Waals surface area contributed by atoms with Gasteiger partial charge in [0.05, 0.1) is 5.25 Å². The third kappa shape index (κ3) is 1.93. The van der Waals surface area contributed by atoms with Gasteiger partial charge in [0.1, 0.15) is 5.88 Å². The Labute approximate surface area is 104 Å². The van der Waals surface area contributed by atoms with Gasteiger partial charge in [-0.15, -0.1) is 0 Å². The molecule has 4 unspecified atom stereocenters. The normalized spacial score (nSPS) is 45.9. The first-order valence-corrected chi connectivity index (χ1v) is 8.73. The van der Waals surface area contributed by atoms with Gasteiger partial charge in [-0.25, -0.2) is 8.42 Å². The molecule has 0 spiro atoms. The number of sulfone groups is 1. The lowest BCUT2D eigenvalue weighted by Gasteiger charge is -2.35. The topological polar surface area (TPSA) is 37.4 Å². The molecule has 3 nitrogen and oxygen atoms in total. The van der Waals surface area contributed by atoms with E-state index in [0.29, 0.717) is 23.8 Å². The zero-order valence-corrected chi connectivity index (χ0v) is 11.5. The molecule has 0 bridgehead atoms. The van der Waals surface area contributed by atoms with Crippen LogP contribution in [0.15, 0.2) is 0 Å². The molecule has 2 saturated carbocycles. The van der Waals surface area contributed by atoms with Gasteiger partial charge in [-0.2, -0.15) is 0 Å². The van der Waals surface area contributed by atoms with E-state index in [4.69, 9.17) is 0 Å². The molecule has 0 amide bonds. The fraction of sp³-hybridized carbons (Fsp3) is 1.00. The molecule has 0 N–H and O–H groups in total. The zero-order valence-electron chi connectivity index (χ0n) is 10.6. The van der Waals surface area contributed by atoms with Gasteiger partial charge >= 0.3 is 0 Å². The number of rotatable bonds is 0. The van der Waals surface area contributed by atoms with E-state index in [1.165, 1.54) is 32.1 Å². The minimum atomic E-state index is -2.86. The largest absolute Gasteiger partial charge is 0.289 e. The Balaban J connectivity index is 1.96. The number of nitrogens with zero attached hydrogens (tertiary/aromatic N) is 1. The minimum Gasteiger partial charge on any atom is -0.289 e. The smallest absolute Gasteiger partial charge is 0.168 e. The maximum Gasteiger partial charge on any atom is 0.168 e. The van der Waals surface area contributed by atoms with Gasteiger partial charge in [0.25, 0.3) is 0 Å². The Morgan fingerprint density at radius 2 is 1.71 bits per heavy atom. The first kappa shape index (κ1) is 12.0. The van der Waals surface area contributed by atoms with Crippen LogP contribution in [0.1, 0.15) is 44.9 Å². The first-order chi connectivity index (χ1) is 8.09. The van der Waals surface area contributed by atoms with Crippen molar-refractivity contribution < 1.29 is 8.42 Å². The first-order valence-electron chi connectivity index (χ1n) is 7.01. The summed E-state index contributed by atoms with van der Waals surface area (Å²) in [4.78, 5) is 2.09. The Hall–Kier alpha value is -0.0900. The van der Waals surface area contributed by atoms with Crippen molar-refractivity contribution in [1.82, 2.24) is 4.90 Å². The Morgan fingerprint density at radius 3 is 2.53 bits per heavy atom. The van der Waals surface area contributed by atoms with E-state index in [-0.39, 0.29) is 5.25 Å². The monoisotopic (exact) mass is 257 g/mol. The van der Waals surface area contributed by atoms with Gasteiger partial charge in [0.2, 0.25) is 0 Å². The van der Waals surface area contributed by atoms with Gasteiger partial charge in [-0.05, 0) is 31.7 Å². The van der Waals surface area contributed by atoms with Crippen LogP contribution in [0.25, 0.3) is 0 Å². The lowest BCUT2D eigenvalue weighted by atomic mass is 9.76. The third-order valence-corrected chi connectivity index (χ3v) is 7.47. The lowest BCUT2D eigenvalue weighted by molar-refractivity contribution is 0.200. The molecule has 3 rings (SSSR count). The predicted octanol–water partition coefficient (Wildman–Crippen LogP) is 2.03. The molecule has 0 aromatic carbocycles. The molecule has 0 aromatic heterocycles. The van der Waals surface area contributed by atoms with E-state index < -0.39 is 9.84 Å². The van der Waals surface area contributed by atoms with Crippen LogP contribution < -0.4 is 0 Å². The summed E-state index contributed by atoms with van der Waals surface area (Å²) in [5, 5.41) is -0.0414. The summed E-state index contributed by atoms with van der Waals surface area (Å²) in [5.74, 6) is 1.46. The highest BCUT2D eigenvalue weighted by Gasteiger charge is 2.51. The van der Waals surface area contributed by atoms with Crippen LogP contribution in [0.5, 0.6) is 0 Å². The number of hydrogen-bond acceptors (Lipinski definition) is 3. The van der Waals surface area contributed by atoms with Crippen molar-refractivity contribution in [2.24, 2.45) is 11.8 Å². The molecule has 3 fully saturated rings. The molecule has 2 aliphatic carbocycles. The second kappa shape index (κ2) is 4.23. The molecule has 4 heteroatoms. The summed E-state index contributed by atoms with van der Waals surface area (Å²) >= 11 is 0.